The Morgan fingerprint density at radius 2 is 1.79 bits per heavy atom. The number of aliphatic imine (C=N–C) groups is 1. The number of nitrogens with one attached hydrogen (secondary N) is 1. The van der Waals surface area contributed by atoms with Gasteiger partial charge in [-0.25, -0.2) is 12.7 Å². The molecule has 0 bridgehead atoms. The van der Waals surface area contributed by atoms with Crippen LogP contribution in [-0.2, 0) is 10.0 Å². The highest BCUT2D eigenvalue weighted by Crippen LogP contribution is 2.46. The van der Waals surface area contributed by atoms with Crippen LogP contribution in [0.15, 0.2) is 4.99 Å². The first-order chi connectivity index (χ1) is 11.0. The first-order valence-corrected chi connectivity index (χ1v) is 10.8. The normalized spacial score (nSPS) is 25.4. The standard InChI is InChI=1S/C17H34N4O2S/c1-7-18-15(21-13-16(2,3)17(21,4)5)19-12-14-8-10-20(11-9-14)24(6,22)23/h14H,7-13H2,1-6H3,(H,18,19). The number of hydrogen-bond donors (Lipinski definition) is 1. The molecule has 2 heterocycles. The Morgan fingerprint density at radius 1 is 1.21 bits per heavy atom. The molecule has 0 aromatic rings. The molecule has 1 N–H and O–H groups in total. The lowest BCUT2D eigenvalue weighted by atomic mass is 9.65. The van der Waals surface area contributed by atoms with Crippen LogP contribution in [0, 0.1) is 11.3 Å². The molecule has 0 amide bonds. The fourth-order valence-corrected chi connectivity index (χ4v) is 4.31. The van der Waals surface area contributed by atoms with Gasteiger partial charge in [-0.05, 0) is 39.5 Å². The lowest BCUT2D eigenvalue weighted by Gasteiger charge is -2.62. The van der Waals surface area contributed by atoms with Gasteiger partial charge in [-0.1, -0.05) is 13.8 Å². The molecule has 0 aliphatic carbocycles. The summed E-state index contributed by atoms with van der Waals surface area (Å²) in [5.74, 6) is 1.46. The van der Waals surface area contributed by atoms with Gasteiger partial charge in [0.2, 0.25) is 10.0 Å². The Labute approximate surface area is 147 Å². The van der Waals surface area contributed by atoms with Gasteiger partial charge in [-0.2, -0.15) is 0 Å². The van der Waals surface area contributed by atoms with E-state index in [-0.39, 0.29) is 11.0 Å². The van der Waals surface area contributed by atoms with Crippen molar-refractivity contribution >= 4 is 16.0 Å². The van der Waals surface area contributed by atoms with Crippen LogP contribution in [0.4, 0.5) is 0 Å². The molecule has 7 heteroatoms. The first-order valence-electron chi connectivity index (χ1n) is 9.00. The number of nitrogens with zero attached hydrogens (tertiary/aromatic N) is 3. The molecule has 0 saturated carbocycles. The molecule has 6 nitrogen and oxygen atoms in total. The molecule has 140 valence electrons. The first kappa shape index (κ1) is 19.5. The van der Waals surface area contributed by atoms with E-state index >= 15 is 0 Å². The molecule has 0 spiro atoms. The van der Waals surface area contributed by atoms with Crippen molar-refractivity contribution < 1.29 is 8.42 Å². The number of piperidine rings is 1. The summed E-state index contributed by atoms with van der Waals surface area (Å²) < 4.78 is 24.8. The minimum Gasteiger partial charge on any atom is -0.356 e. The predicted molar refractivity (Wildman–Crippen MR) is 99.7 cm³/mol. The van der Waals surface area contributed by atoms with Crippen molar-refractivity contribution in [2.45, 2.75) is 53.0 Å². The highest BCUT2D eigenvalue weighted by atomic mass is 32.2. The van der Waals surface area contributed by atoms with Crippen LogP contribution < -0.4 is 5.32 Å². The number of hydrogen-bond acceptors (Lipinski definition) is 3. The maximum Gasteiger partial charge on any atom is 0.211 e. The molecule has 0 atom stereocenters. The van der Waals surface area contributed by atoms with Crippen molar-refractivity contribution in [2.75, 3.05) is 39.0 Å². The molecule has 0 unspecified atom stereocenters. The summed E-state index contributed by atoms with van der Waals surface area (Å²) in [5.41, 5.74) is 0.373. The number of likely N-dealkylation sites (tertiary alicyclic amines) is 1. The van der Waals surface area contributed by atoms with Gasteiger partial charge < -0.3 is 10.2 Å². The lowest BCUT2D eigenvalue weighted by Crippen LogP contribution is -2.72. The van der Waals surface area contributed by atoms with E-state index in [0.29, 0.717) is 19.0 Å². The van der Waals surface area contributed by atoms with E-state index < -0.39 is 10.0 Å². The summed E-state index contributed by atoms with van der Waals surface area (Å²) in [4.78, 5) is 7.23. The summed E-state index contributed by atoms with van der Waals surface area (Å²) in [6.45, 7) is 15.1. The van der Waals surface area contributed by atoms with Crippen molar-refractivity contribution in [3.63, 3.8) is 0 Å². The van der Waals surface area contributed by atoms with Gasteiger partial charge >= 0.3 is 0 Å². The van der Waals surface area contributed by atoms with E-state index in [1.165, 1.54) is 6.26 Å². The molecule has 2 fully saturated rings. The highest BCUT2D eigenvalue weighted by molar-refractivity contribution is 7.88. The Bertz CT molecular complexity index is 575. The predicted octanol–water partition coefficient (Wildman–Crippen LogP) is 1.74. The Hall–Kier alpha value is -0.820. The second kappa shape index (κ2) is 6.83. The smallest absolute Gasteiger partial charge is 0.211 e. The monoisotopic (exact) mass is 358 g/mol. The van der Waals surface area contributed by atoms with Crippen LogP contribution in [0.3, 0.4) is 0 Å². The van der Waals surface area contributed by atoms with E-state index in [1.807, 2.05) is 0 Å². The van der Waals surface area contributed by atoms with E-state index in [0.717, 1.165) is 38.4 Å². The molecular formula is C17H34N4O2S. The molecular weight excluding hydrogens is 324 g/mol. The Kier molecular flexibility index (Phi) is 5.55. The molecule has 0 radical (unpaired) electrons. The molecule has 24 heavy (non-hydrogen) atoms. The topological polar surface area (TPSA) is 65.0 Å². The highest BCUT2D eigenvalue weighted by Gasteiger charge is 2.53. The molecule has 2 rings (SSSR count). The maximum absolute atomic E-state index is 11.6. The van der Waals surface area contributed by atoms with Gasteiger partial charge in [-0.3, -0.25) is 4.99 Å². The minimum absolute atomic E-state index is 0.0909. The maximum atomic E-state index is 11.6. The van der Waals surface area contributed by atoms with Crippen LogP contribution in [0.5, 0.6) is 0 Å². The van der Waals surface area contributed by atoms with Crippen molar-refractivity contribution in [1.82, 2.24) is 14.5 Å². The van der Waals surface area contributed by atoms with Gasteiger partial charge in [0.25, 0.3) is 0 Å². The zero-order chi connectivity index (χ0) is 18.2. The third-order valence-corrected chi connectivity index (χ3v) is 7.32. The lowest BCUT2D eigenvalue weighted by molar-refractivity contribution is -0.0668. The van der Waals surface area contributed by atoms with Crippen molar-refractivity contribution in [3.8, 4) is 0 Å². The van der Waals surface area contributed by atoms with Gasteiger partial charge in [-0.15, -0.1) is 0 Å². The average molecular weight is 359 g/mol. The van der Waals surface area contributed by atoms with Crippen molar-refractivity contribution in [2.24, 2.45) is 16.3 Å². The van der Waals surface area contributed by atoms with Crippen LogP contribution in [0.2, 0.25) is 0 Å². The molecule has 2 aliphatic heterocycles. The number of sulfonamides is 1. The van der Waals surface area contributed by atoms with Gasteiger partial charge in [0.15, 0.2) is 5.96 Å². The largest absolute Gasteiger partial charge is 0.356 e. The Morgan fingerprint density at radius 3 is 2.21 bits per heavy atom. The molecule has 2 aliphatic rings. The zero-order valence-electron chi connectivity index (χ0n) is 16.1. The van der Waals surface area contributed by atoms with Gasteiger partial charge in [0, 0.05) is 43.7 Å². The SMILES string of the molecule is CCNC(=NCC1CCN(S(C)(=O)=O)CC1)N1CC(C)(C)C1(C)C. The molecule has 2 saturated heterocycles. The van der Waals surface area contributed by atoms with E-state index in [2.05, 4.69) is 44.8 Å². The quantitative estimate of drug-likeness (QED) is 0.614. The van der Waals surface area contributed by atoms with Crippen molar-refractivity contribution in [3.05, 3.63) is 0 Å². The van der Waals surface area contributed by atoms with Crippen molar-refractivity contribution in [1.29, 1.82) is 0 Å². The summed E-state index contributed by atoms with van der Waals surface area (Å²) >= 11 is 0. The summed E-state index contributed by atoms with van der Waals surface area (Å²) in [7, 11) is -3.05. The van der Waals surface area contributed by atoms with E-state index in [1.54, 1.807) is 4.31 Å². The minimum atomic E-state index is -3.05. The average Bonchev–Trinajstić information content (AvgIpc) is 2.49. The second-order valence-electron chi connectivity index (χ2n) is 8.33. The zero-order valence-corrected chi connectivity index (χ0v) is 16.9. The van der Waals surface area contributed by atoms with Crippen LogP contribution >= 0.6 is 0 Å². The number of rotatable bonds is 4. The van der Waals surface area contributed by atoms with Gasteiger partial charge in [0.1, 0.15) is 0 Å². The van der Waals surface area contributed by atoms with Crippen LogP contribution in [-0.4, -0.2) is 68.1 Å². The third kappa shape index (κ3) is 3.87. The van der Waals surface area contributed by atoms with E-state index in [9.17, 15) is 8.42 Å². The third-order valence-electron chi connectivity index (χ3n) is 6.02. The fraction of sp³-hybridized carbons (Fsp3) is 0.941. The fourth-order valence-electron chi connectivity index (χ4n) is 3.43. The van der Waals surface area contributed by atoms with E-state index in [4.69, 9.17) is 4.99 Å². The summed E-state index contributed by atoms with van der Waals surface area (Å²) in [6.07, 6.45) is 3.08. The summed E-state index contributed by atoms with van der Waals surface area (Å²) in [6, 6.07) is 0. The Balaban J connectivity index is 1.96. The molecule has 0 aromatic heterocycles. The van der Waals surface area contributed by atoms with Crippen LogP contribution in [0.1, 0.15) is 47.5 Å². The number of guanidine groups is 1. The summed E-state index contributed by atoms with van der Waals surface area (Å²) in [5, 5.41) is 3.42. The second-order valence-corrected chi connectivity index (χ2v) is 10.3. The molecule has 0 aromatic carbocycles. The van der Waals surface area contributed by atoms with Crippen LogP contribution in [0.25, 0.3) is 0 Å². The van der Waals surface area contributed by atoms with Gasteiger partial charge in [0.05, 0.1) is 6.26 Å².